The number of nitrogens with zero attached hydrogens (tertiary/aromatic N) is 2. The van der Waals surface area contributed by atoms with Gasteiger partial charge in [0.1, 0.15) is 16.3 Å². The molecule has 0 atom stereocenters. The molecule has 1 amide bonds. The summed E-state index contributed by atoms with van der Waals surface area (Å²) in [5.74, 6) is -0.536. The zero-order valence-corrected chi connectivity index (χ0v) is 18.6. The van der Waals surface area contributed by atoms with Crippen LogP contribution in [0, 0.1) is 13.8 Å². The van der Waals surface area contributed by atoms with Crippen molar-refractivity contribution in [3.05, 3.63) is 56.4 Å². The Kier molecular flexibility index (Phi) is 6.36. The van der Waals surface area contributed by atoms with Crippen LogP contribution in [-0.2, 0) is 16.1 Å². The molecule has 2 heterocycles. The average molecular weight is 428 g/mol. The van der Waals surface area contributed by atoms with Crippen LogP contribution in [0.3, 0.4) is 0 Å². The van der Waals surface area contributed by atoms with Gasteiger partial charge < -0.3 is 10.1 Å². The molecule has 3 rings (SSSR count). The van der Waals surface area contributed by atoms with Crippen molar-refractivity contribution in [3.8, 4) is 0 Å². The molecular weight excluding hydrogens is 402 g/mol. The maximum Gasteiger partial charge on any atom is 0.348 e. The van der Waals surface area contributed by atoms with Crippen molar-refractivity contribution < 1.29 is 14.3 Å². The van der Waals surface area contributed by atoms with Crippen molar-refractivity contribution in [2.24, 2.45) is 0 Å². The van der Waals surface area contributed by atoms with Gasteiger partial charge in [-0.15, -0.1) is 11.3 Å². The van der Waals surface area contributed by atoms with E-state index in [1.165, 1.54) is 10.9 Å². The van der Waals surface area contributed by atoms with Gasteiger partial charge in [0.25, 0.3) is 5.56 Å². The van der Waals surface area contributed by atoms with E-state index in [0.29, 0.717) is 20.7 Å². The number of fused-ring (bicyclic) bond motifs is 1. The number of aromatic nitrogens is 2. The topological polar surface area (TPSA) is 90.3 Å². The van der Waals surface area contributed by atoms with Crippen LogP contribution in [0.1, 0.15) is 53.1 Å². The minimum Gasteiger partial charge on any atom is -0.462 e. The second kappa shape index (κ2) is 8.79. The van der Waals surface area contributed by atoms with Crippen LogP contribution in [0.2, 0.25) is 0 Å². The van der Waals surface area contributed by atoms with Gasteiger partial charge in [0.2, 0.25) is 5.91 Å². The van der Waals surface area contributed by atoms with Crippen LogP contribution < -0.4 is 10.9 Å². The number of amides is 1. The molecule has 0 saturated carbocycles. The summed E-state index contributed by atoms with van der Waals surface area (Å²) >= 11 is 1.12. The van der Waals surface area contributed by atoms with Crippen molar-refractivity contribution in [2.45, 2.75) is 47.1 Å². The number of thiophene rings is 1. The molecule has 0 aliphatic carbocycles. The summed E-state index contributed by atoms with van der Waals surface area (Å²) in [5.41, 5.74) is 2.95. The van der Waals surface area contributed by atoms with E-state index in [2.05, 4.69) is 24.1 Å². The lowest BCUT2D eigenvalue weighted by atomic mass is 9.98. The van der Waals surface area contributed by atoms with Gasteiger partial charge in [-0.3, -0.25) is 14.2 Å². The number of hydrogen-bond donors (Lipinski definition) is 1. The Morgan fingerprint density at radius 3 is 2.67 bits per heavy atom. The Morgan fingerprint density at radius 2 is 2.00 bits per heavy atom. The first-order chi connectivity index (χ1) is 14.2. The monoisotopic (exact) mass is 427 g/mol. The molecule has 1 N–H and O–H groups in total. The number of rotatable bonds is 6. The van der Waals surface area contributed by atoms with Gasteiger partial charge in [0, 0.05) is 5.69 Å². The van der Waals surface area contributed by atoms with E-state index < -0.39 is 5.97 Å². The lowest BCUT2D eigenvalue weighted by Crippen LogP contribution is -2.28. The van der Waals surface area contributed by atoms with Crippen molar-refractivity contribution in [2.75, 3.05) is 11.9 Å². The molecule has 0 aliphatic rings. The quantitative estimate of drug-likeness (QED) is 0.600. The van der Waals surface area contributed by atoms with E-state index in [4.69, 9.17) is 4.74 Å². The SMILES string of the molecule is CCOC(=O)c1sc2ncn(CC(=O)Nc3c(C)cccc3C(C)C)c(=O)c2c1C. The first-order valence-corrected chi connectivity index (χ1v) is 10.6. The number of benzene rings is 1. The van der Waals surface area contributed by atoms with Crippen molar-refractivity contribution in [1.29, 1.82) is 0 Å². The van der Waals surface area contributed by atoms with E-state index in [-0.39, 0.29) is 30.5 Å². The lowest BCUT2D eigenvalue weighted by Gasteiger charge is -2.16. The molecular formula is C22H25N3O4S. The Hall–Kier alpha value is -3.00. The van der Waals surface area contributed by atoms with Crippen LogP contribution in [0.15, 0.2) is 29.3 Å². The smallest absolute Gasteiger partial charge is 0.348 e. The molecule has 1 aromatic carbocycles. The maximum absolute atomic E-state index is 13.0. The summed E-state index contributed by atoms with van der Waals surface area (Å²) in [6, 6.07) is 5.88. The number of nitrogens with one attached hydrogen (secondary N) is 1. The zero-order chi connectivity index (χ0) is 22.0. The molecule has 0 aliphatic heterocycles. The molecule has 3 aromatic rings. The fraction of sp³-hybridized carbons (Fsp3) is 0.364. The van der Waals surface area contributed by atoms with Gasteiger partial charge in [-0.05, 0) is 43.4 Å². The normalized spacial score (nSPS) is 11.1. The van der Waals surface area contributed by atoms with E-state index in [0.717, 1.165) is 28.2 Å². The van der Waals surface area contributed by atoms with E-state index in [9.17, 15) is 14.4 Å². The predicted molar refractivity (Wildman–Crippen MR) is 118 cm³/mol. The minimum atomic E-state index is -0.470. The lowest BCUT2D eigenvalue weighted by molar-refractivity contribution is -0.116. The van der Waals surface area contributed by atoms with Gasteiger partial charge in [0.15, 0.2) is 0 Å². The maximum atomic E-state index is 13.0. The number of carbonyl (C=O) groups excluding carboxylic acids is 2. The summed E-state index contributed by atoms with van der Waals surface area (Å²) in [7, 11) is 0. The summed E-state index contributed by atoms with van der Waals surface area (Å²) < 4.78 is 6.32. The Morgan fingerprint density at radius 1 is 1.27 bits per heavy atom. The van der Waals surface area contributed by atoms with Gasteiger partial charge in [0.05, 0.1) is 18.3 Å². The van der Waals surface area contributed by atoms with E-state index in [1.807, 2.05) is 25.1 Å². The number of ether oxygens (including phenoxy) is 1. The molecule has 0 radical (unpaired) electrons. The largest absolute Gasteiger partial charge is 0.462 e. The second-order valence-corrected chi connectivity index (χ2v) is 8.38. The number of anilines is 1. The average Bonchev–Trinajstić information content (AvgIpc) is 3.03. The predicted octanol–water partition coefficient (Wildman–Crippen LogP) is 4.01. The Bertz CT molecular complexity index is 1180. The summed E-state index contributed by atoms with van der Waals surface area (Å²) in [6.45, 7) is 9.57. The highest BCUT2D eigenvalue weighted by Crippen LogP contribution is 2.28. The molecule has 2 aromatic heterocycles. The van der Waals surface area contributed by atoms with Crippen LogP contribution in [0.25, 0.3) is 10.2 Å². The van der Waals surface area contributed by atoms with Crippen molar-refractivity contribution in [1.82, 2.24) is 9.55 Å². The third-order valence-corrected chi connectivity index (χ3v) is 6.06. The van der Waals surface area contributed by atoms with E-state index in [1.54, 1.807) is 13.8 Å². The highest BCUT2D eigenvalue weighted by molar-refractivity contribution is 7.20. The third kappa shape index (κ3) is 4.14. The van der Waals surface area contributed by atoms with Gasteiger partial charge in [-0.2, -0.15) is 0 Å². The van der Waals surface area contributed by atoms with E-state index >= 15 is 0 Å². The minimum absolute atomic E-state index is 0.169. The first kappa shape index (κ1) is 21.7. The third-order valence-electron chi connectivity index (χ3n) is 4.88. The molecule has 8 heteroatoms. The number of hydrogen-bond acceptors (Lipinski definition) is 6. The number of carbonyl (C=O) groups is 2. The molecule has 0 saturated heterocycles. The molecule has 0 unspecified atom stereocenters. The number of aryl methyl sites for hydroxylation is 2. The summed E-state index contributed by atoms with van der Waals surface area (Å²) in [4.78, 5) is 42.9. The van der Waals surface area contributed by atoms with Crippen molar-refractivity contribution >= 4 is 39.1 Å². The van der Waals surface area contributed by atoms with Crippen LogP contribution in [0.4, 0.5) is 5.69 Å². The van der Waals surface area contributed by atoms with Gasteiger partial charge in [-0.1, -0.05) is 32.0 Å². The molecule has 7 nitrogen and oxygen atoms in total. The second-order valence-electron chi connectivity index (χ2n) is 7.38. The molecule has 0 fully saturated rings. The highest BCUT2D eigenvalue weighted by Gasteiger charge is 2.21. The zero-order valence-electron chi connectivity index (χ0n) is 17.7. The van der Waals surface area contributed by atoms with Gasteiger partial charge in [-0.25, -0.2) is 9.78 Å². The van der Waals surface area contributed by atoms with Crippen LogP contribution >= 0.6 is 11.3 Å². The fourth-order valence-corrected chi connectivity index (χ4v) is 4.37. The molecule has 30 heavy (non-hydrogen) atoms. The Labute approximate surface area is 178 Å². The molecule has 158 valence electrons. The standard InChI is InChI=1S/C22H25N3O4S/c1-6-29-22(28)19-14(5)17-20(30-19)23-11-25(21(17)27)10-16(26)24-18-13(4)8-7-9-15(18)12(2)3/h7-9,11-12H,6,10H2,1-5H3,(H,24,26). The molecule has 0 spiro atoms. The van der Waals surface area contributed by atoms with Crippen LogP contribution in [-0.4, -0.2) is 28.0 Å². The fourth-order valence-electron chi connectivity index (χ4n) is 3.34. The summed E-state index contributed by atoms with van der Waals surface area (Å²) in [5, 5.41) is 3.29. The first-order valence-electron chi connectivity index (χ1n) is 9.79. The molecule has 0 bridgehead atoms. The van der Waals surface area contributed by atoms with Crippen molar-refractivity contribution in [3.63, 3.8) is 0 Å². The van der Waals surface area contributed by atoms with Gasteiger partial charge >= 0.3 is 5.97 Å². The highest BCUT2D eigenvalue weighted by atomic mass is 32.1. The number of para-hydroxylation sites is 1. The summed E-state index contributed by atoms with van der Waals surface area (Å²) in [6.07, 6.45) is 1.34. The number of esters is 1. The van der Waals surface area contributed by atoms with Crippen LogP contribution in [0.5, 0.6) is 0 Å². The Balaban J connectivity index is 1.91.